The van der Waals surface area contributed by atoms with E-state index in [4.69, 9.17) is 0 Å². The number of ketones is 1. The number of nitrogens with zero attached hydrogens (tertiary/aromatic N) is 1. The summed E-state index contributed by atoms with van der Waals surface area (Å²) in [5, 5.41) is 11.4. The molecule has 5 atom stereocenters. The molecule has 4 aliphatic carbocycles. The summed E-state index contributed by atoms with van der Waals surface area (Å²) in [7, 11) is 0. The first-order chi connectivity index (χ1) is 19.4. The molecule has 3 nitrogen and oxygen atoms in total. The number of halogens is 5. The largest absolute Gasteiger partial charge is 0.456 e. The normalized spacial score (nSPS) is 32.0. The number of alkyl halides is 5. The van der Waals surface area contributed by atoms with Gasteiger partial charge in [-0.05, 0) is 96.4 Å². The first-order valence-corrected chi connectivity index (χ1v) is 14.2. The number of rotatable bonds is 4. The Morgan fingerprint density at radius 3 is 2.24 bits per heavy atom. The summed E-state index contributed by atoms with van der Waals surface area (Å²) in [6, 6.07) is 11.4. The van der Waals surface area contributed by atoms with Gasteiger partial charge in [0, 0.05) is 30.1 Å². The summed E-state index contributed by atoms with van der Waals surface area (Å²) in [6.45, 7) is 1.44. The molecular formula is C33H32F5NO2. The third kappa shape index (κ3) is 4.32. The van der Waals surface area contributed by atoms with E-state index >= 15 is 8.78 Å². The summed E-state index contributed by atoms with van der Waals surface area (Å²) in [5.41, 5.74) is 0.940. The number of aliphatic hydroxyl groups is 1. The summed E-state index contributed by atoms with van der Waals surface area (Å²) >= 11 is 0. The molecule has 2 fully saturated rings. The number of allylic oxidation sites excluding steroid dienone is 4. The van der Waals surface area contributed by atoms with Crippen molar-refractivity contribution in [1.82, 2.24) is 4.98 Å². The van der Waals surface area contributed by atoms with Crippen LogP contribution in [0.15, 0.2) is 71.6 Å². The van der Waals surface area contributed by atoms with Crippen LogP contribution in [0.1, 0.15) is 74.5 Å². The van der Waals surface area contributed by atoms with Crippen LogP contribution in [0, 0.1) is 17.3 Å². The zero-order chi connectivity index (χ0) is 29.2. The molecule has 4 aliphatic rings. The van der Waals surface area contributed by atoms with Crippen molar-refractivity contribution < 1.29 is 31.9 Å². The van der Waals surface area contributed by atoms with E-state index in [1.807, 2.05) is 48.6 Å². The van der Waals surface area contributed by atoms with E-state index in [9.17, 15) is 23.1 Å². The van der Waals surface area contributed by atoms with Crippen LogP contribution in [0.2, 0.25) is 0 Å². The lowest BCUT2D eigenvalue weighted by Gasteiger charge is -2.56. The van der Waals surface area contributed by atoms with Crippen LogP contribution >= 0.6 is 0 Å². The van der Waals surface area contributed by atoms with Crippen LogP contribution < -0.4 is 0 Å². The van der Waals surface area contributed by atoms with Crippen molar-refractivity contribution in [2.75, 3.05) is 0 Å². The Kier molecular flexibility index (Phi) is 6.64. The molecule has 8 heteroatoms. The molecule has 0 radical (unpaired) electrons. The van der Waals surface area contributed by atoms with Gasteiger partial charge in [-0.15, -0.1) is 0 Å². The Labute approximate surface area is 235 Å². The topological polar surface area (TPSA) is 50.2 Å². The van der Waals surface area contributed by atoms with Crippen molar-refractivity contribution in [3.63, 3.8) is 0 Å². The molecule has 0 saturated heterocycles. The molecule has 1 heterocycles. The highest BCUT2D eigenvalue weighted by atomic mass is 19.4. The predicted molar refractivity (Wildman–Crippen MR) is 146 cm³/mol. The van der Waals surface area contributed by atoms with E-state index in [1.165, 1.54) is 6.92 Å². The molecule has 0 spiro atoms. The fourth-order valence-electron chi connectivity index (χ4n) is 8.22. The standard InChI is InChI=1S/C33H32F5NO2/c1-30-19-27(22-6-4-20(5-7-22)2-3-21-13-16-39-17-14-21)29-25-11-9-24(40)18-23(25)8-10-26(29)28(30)12-15-31(30,41)32(34,35)33(36,37)38/h2-7,13-14,16-18,26-28,41H,8-12,15,19H2,1H3/t26-,27+,28-,30-,31-/m0/s1. The monoisotopic (exact) mass is 569 g/mol. The molecule has 0 aliphatic heterocycles. The molecule has 216 valence electrons. The highest BCUT2D eigenvalue weighted by Crippen LogP contribution is 2.70. The highest BCUT2D eigenvalue weighted by molar-refractivity contribution is 5.93. The van der Waals surface area contributed by atoms with Gasteiger partial charge in [0.05, 0.1) is 0 Å². The third-order valence-electron chi connectivity index (χ3n) is 10.3. The first-order valence-electron chi connectivity index (χ1n) is 14.2. The smallest absolute Gasteiger partial charge is 0.383 e. The van der Waals surface area contributed by atoms with Crippen LogP contribution in [0.4, 0.5) is 22.0 Å². The van der Waals surface area contributed by atoms with Gasteiger partial charge < -0.3 is 5.11 Å². The van der Waals surface area contributed by atoms with Crippen molar-refractivity contribution in [2.45, 2.75) is 75.5 Å². The third-order valence-corrected chi connectivity index (χ3v) is 10.3. The van der Waals surface area contributed by atoms with Crippen LogP contribution in [0.3, 0.4) is 0 Å². The minimum Gasteiger partial charge on any atom is -0.383 e. The van der Waals surface area contributed by atoms with Crippen LogP contribution in [-0.2, 0) is 4.79 Å². The predicted octanol–water partition coefficient (Wildman–Crippen LogP) is 8.08. The van der Waals surface area contributed by atoms with Gasteiger partial charge in [0.15, 0.2) is 5.78 Å². The van der Waals surface area contributed by atoms with E-state index in [0.717, 1.165) is 33.4 Å². The summed E-state index contributed by atoms with van der Waals surface area (Å²) in [6.07, 6.45) is 4.63. The Morgan fingerprint density at radius 2 is 1.59 bits per heavy atom. The van der Waals surface area contributed by atoms with Crippen molar-refractivity contribution >= 4 is 17.9 Å². The number of carbonyl (C=O) groups excluding carboxylic acids is 1. The van der Waals surface area contributed by atoms with E-state index in [1.54, 1.807) is 18.5 Å². The maximum absolute atomic E-state index is 15.1. The fourth-order valence-corrected chi connectivity index (χ4v) is 8.22. The molecule has 6 rings (SSSR count). The van der Waals surface area contributed by atoms with E-state index in [2.05, 4.69) is 4.98 Å². The van der Waals surface area contributed by atoms with Crippen LogP contribution in [0.5, 0.6) is 0 Å². The number of benzene rings is 1. The summed E-state index contributed by atoms with van der Waals surface area (Å²) in [4.78, 5) is 16.2. The molecule has 41 heavy (non-hydrogen) atoms. The molecule has 2 aromatic rings. The van der Waals surface area contributed by atoms with Crippen molar-refractivity contribution in [2.24, 2.45) is 17.3 Å². The van der Waals surface area contributed by atoms with Crippen molar-refractivity contribution in [1.29, 1.82) is 0 Å². The maximum atomic E-state index is 15.1. The number of hydrogen-bond donors (Lipinski definition) is 1. The number of fused-ring (bicyclic) bond motifs is 4. The summed E-state index contributed by atoms with van der Waals surface area (Å²) < 4.78 is 71.5. The van der Waals surface area contributed by atoms with Gasteiger partial charge >= 0.3 is 12.1 Å². The molecule has 1 N–H and O–H groups in total. The van der Waals surface area contributed by atoms with Gasteiger partial charge in [0.1, 0.15) is 5.60 Å². The Bertz CT molecular complexity index is 1440. The van der Waals surface area contributed by atoms with Crippen LogP contribution in [-0.4, -0.2) is 33.6 Å². The fraction of sp³-hybridized carbons (Fsp3) is 0.455. The van der Waals surface area contributed by atoms with Crippen LogP contribution in [0.25, 0.3) is 12.2 Å². The van der Waals surface area contributed by atoms with Gasteiger partial charge in [0.2, 0.25) is 0 Å². The Hall–Kier alpha value is -3.13. The van der Waals surface area contributed by atoms with Crippen molar-refractivity contribution in [3.05, 3.63) is 88.3 Å². The van der Waals surface area contributed by atoms with E-state index < -0.39 is 41.4 Å². The second-order valence-electron chi connectivity index (χ2n) is 12.2. The molecule has 1 aromatic heterocycles. The minimum atomic E-state index is -5.86. The second kappa shape index (κ2) is 9.72. The van der Waals surface area contributed by atoms with Gasteiger partial charge in [-0.1, -0.05) is 48.9 Å². The maximum Gasteiger partial charge on any atom is 0.456 e. The lowest BCUT2D eigenvalue weighted by atomic mass is 9.50. The number of aromatic nitrogens is 1. The zero-order valence-corrected chi connectivity index (χ0v) is 22.7. The molecule has 0 unspecified atom stereocenters. The number of pyridine rings is 1. The lowest BCUT2D eigenvalue weighted by molar-refractivity contribution is -0.362. The first kappa shape index (κ1) is 28.0. The van der Waals surface area contributed by atoms with Gasteiger partial charge in [-0.3, -0.25) is 9.78 Å². The highest BCUT2D eigenvalue weighted by Gasteiger charge is 2.79. The number of hydrogen-bond acceptors (Lipinski definition) is 3. The average Bonchev–Trinajstić information content (AvgIpc) is 3.23. The molecule has 2 saturated carbocycles. The average molecular weight is 570 g/mol. The van der Waals surface area contributed by atoms with Gasteiger partial charge in [0.25, 0.3) is 0 Å². The Balaban J connectivity index is 1.44. The van der Waals surface area contributed by atoms with Crippen molar-refractivity contribution in [3.8, 4) is 0 Å². The Morgan fingerprint density at radius 1 is 0.927 bits per heavy atom. The van der Waals surface area contributed by atoms with E-state index in [0.29, 0.717) is 25.7 Å². The second-order valence-corrected chi connectivity index (χ2v) is 12.2. The number of carbonyl (C=O) groups is 1. The summed E-state index contributed by atoms with van der Waals surface area (Å²) in [5.74, 6) is -6.37. The minimum absolute atomic E-state index is 0.0252. The zero-order valence-electron chi connectivity index (χ0n) is 22.7. The molecular weight excluding hydrogens is 537 g/mol. The molecule has 0 bridgehead atoms. The van der Waals surface area contributed by atoms with E-state index in [-0.39, 0.29) is 24.5 Å². The molecule has 0 amide bonds. The SMILES string of the molecule is C[C@]12C[C@H](c3ccc(C=Cc4ccncc4)cc3)C3=C4CCC(=O)C=C4CC[C@H]3[C@@H]1CC[C@@]2(O)C(F)(F)C(F)(F)F. The quantitative estimate of drug-likeness (QED) is 0.379. The van der Waals surface area contributed by atoms with Gasteiger partial charge in [-0.25, -0.2) is 0 Å². The lowest BCUT2D eigenvalue weighted by Crippen LogP contribution is -2.65. The van der Waals surface area contributed by atoms with Gasteiger partial charge in [-0.2, -0.15) is 22.0 Å². The molecule has 1 aromatic carbocycles.